The monoisotopic (exact) mass is 371 g/mol. The smallest absolute Gasteiger partial charge is 0.0595 e. The summed E-state index contributed by atoms with van der Waals surface area (Å²) in [5.41, 5.74) is 2.21. The summed E-state index contributed by atoms with van der Waals surface area (Å²) in [6.07, 6.45) is 0.809. The van der Waals surface area contributed by atoms with E-state index in [4.69, 9.17) is 23.2 Å². The SMILES string of the molecule is CCNC(Cc1ccccc1Cl)c1cccc(Br)c1Cl. The molecule has 1 atom stereocenters. The fraction of sp³-hybridized carbons (Fsp3) is 0.250. The number of benzene rings is 2. The summed E-state index contributed by atoms with van der Waals surface area (Å²) in [7, 11) is 0. The molecule has 2 aromatic carbocycles. The lowest BCUT2D eigenvalue weighted by atomic mass is 9.98. The maximum absolute atomic E-state index is 6.41. The number of halogens is 3. The molecule has 4 heteroatoms. The van der Waals surface area contributed by atoms with Crippen molar-refractivity contribution in [2.24, 2.45) is 0 Å². The van der Waals surface area contributed by atoms with Crippen molar-refractivity contribution >= 4 is 39.1 Å². The molecule has 0 aliphatic rings. The predicted molar refractivity (Wildman–Crippen MR) is 90.7 cm³/mol. The molecule has 0 saturated carbocycles. The zero-order valence-corrected chi connectivity index (χ0v) is 14.3. The quantitative estimate of drug-likeness (QED) is 0.714. The zero-order valence-electron chi connectivity index (χ0n) is 11.2. The van der Waals surface area contributed by atoms with Crippen molar-refractivity contribution in [1.29, 1.82) is 0 Å². The van der Waals surface area contributed by atoms with E-state index in [1.807, 2.05) is 30.3 Å². The van der Waals surface area contributed by atoms with Gasteiger partial charge in [-0.3, -0.25) is 0 Å². The molecule has 0 aliphatic carbocycles. The second kappa shape index (κ2) is 7.46. The first-order chi connectivity index (χ1) is 9.63. The van der Waals surface area contributed by atoms with Gasteiger partial charge in [-0.05, 0) is 52.2 Å². The highest BCUT2D eigenvalue weighted by molar-refractivity contribution is 9.10. The first-order valence-corrected chi connectivity index (χ1v) is 8.09. The van der Waals surface area contributed by atoms with E-state index in [0.29, 0.717) is 0 Å². The average Bonchev–Trinajstić information content (AvgIpc) is 2.44. The molecule has 0 fully saturated rings. The molecule has 0 aliphatic heterocycles. The van der Waals surface area contributed by atoms with Crippen molar-refractivity contribution in [2.45, 2.75) is 19.4 Å². The Morgan fingerprint density at radius 3 is 2.55 bits per heavy atom. The Morgan fingerprint density at radius 1 is 1.10 bits per heavy atom. The average molecular weight is 373 g/mol. The van der Waals surface area contributed by atoms with Gasteiger partial charge in [-0.2, -0.15) is 0 Å². The van der Waals surface area contributed by atoms with Crippen LogP contribution in [0.5, 0.6) is 0 Å². The van der Waals surface area contributed by atoms with Crippen LogP contribution in [0.15, 0.2) is 46.9 Å². The molecule has 1 unspecified atom stereocenters. The van der Waals surface area contributed by atoms with Gasteiger partial charge in [0.15, 0.2) is 0 Å². The zero-order chi connectivity index (χ0) is 14.5. The van der Waals surface area contributed by atoms with Crippen LogP contribution in [0.2, 0.25) is 10.0 Å². The van der Waals surface area contributed by atoms with Crippen molar-refractivity contribution in [1.82, 2.24) is 5.32 Å². The van der Waals surface area contributed by atoms with Crippen LogP contribution in [0.1, 0.15) is 24.1 Å². The summed E-state index contributed by atoms with van der Waals surface area (Å²) in [6.45, 7) is 2.96. The third-order valence-electron chi connectivity index (χ3n) is 3.19. The number of hydrogen-bond acceptors (Lipinski definition) is 1. The highest BCUT2D eigenvalue weighted by atomic mass is 79.9. The van der Waals surface area contributed by atoms with Gasteiger partial charge in [-0.25, -0.2) is 0 Å². The van der Waals surface area contributed by atoms with E-state index in [1.165, 1.54) is 0 Å². The Labute approximate surface area is 138 Å². The van der Waals surface area contributed by atoms with Crippen molar-refractivity contribution in [3.63, 3.8) is 0 Å². The molecule has 0 spiro atoms. The minimum absolute atomic E-state index is 0.143. The third-order valence-corrected chi connectivity index (χ3v) is 4.87. The van der Waals surface area contributed by atoms with Gasteiger partial charge < -0.3 is 5.32 Å². The van der Waals surface area contributed by atoms with Crippen LogP contribution in [-0.2, 0) is 6.42 Å². The van der Waals surface area contributed by atoms with E-state index in [0.717, 1.165) is 38.6 Å². The molecule has 0 amide bonds. The van der Waals surface area contributed by atoms with Crippen molar-refractivity contribution in [3.8, 4) is 0 Å². The lowest BCUT2D eigenvalue weighted by molar-refractivity contribution is 0.550. The highest BCUT2D eigenvalue weighted by Crippen LogP contribution is 2.32. The van der Waals surface area contributed by atoms with Gasteiger partial charge in [0.1, 0.15) is 0 Å². The molecule has 0 radical (unpaired) electrons. The van der Waals surface area contributed by atoms with E-state index >= 15 is 0 Å². The van der Waals surface area contributed by atoms with Gasteiger partial charge in [0.05, 0.1) is 5.02 Å². The predicted octanol–water partition coefficient (Wildman–Crippen LogP) is 5.65. The molecular formula is C16H16BrCl2N. The second-order valence-electron chi connectivity index (χ2n) is 4.55. The van der Waals surface area contributed by atoms with Gasteiger partial charge in [0, 0.05) is 15.5 Å². The van der Waals surface area contributed by atoms with Crippen LogP contribution in [0.3, 0.4) is 0 Å². The molecule has 0 saturated heterocycles. The summed E-state index contributed by atoms with van der Waals surface area (Å²) < 4.78 is 0.915. The summed E-state index contributed by atoms with van der Waals surface area (Å²) in [5, 5.41) is 5.03. The van der Waals surface area contributed by atoms with Crippen LogP contribution >= 0.6 is 39.1 Å². The summed E-state index contributed by atoms with van der Waals surface area (Å²) >= 11 is 16.1. The van der Waals surface area contributed by atoms with Gasteiger partial charge >= 0.3 is 0 Å². The van der Waals surface area contributed by atoms with Gasteiger partial charge in [-0.1, -0.05) is 60.5 Å². The molecule has 106 valence electrons. The highest BCUT2D eigenvalue weighted by Gasteiger charge is 2.17. The Bertz CT molecular complexity index is 586. The fourth-order valence-corrected chi connectivity index (χ4v) is 3.06. The van der Waals surface area contributed by atoms with E-state index in [-0.39, 0.29) is 6.04 Å². The molecule has 0 heterocycles. The van der Waals surface area contributed by atoms with Crippen LogP contribution in [-0.4, -0.2) is 6.54 Å². The first kappa shape index (κ1) is 15.8. The van der Waals surface area contributed by atoms with Crippen LogP contribution in [0.4, 0.5) is 0 Å². The molecule has 0 bridgehead atoms. The standard InChI is InChI=1S/C16H16BrCl2N/c1-2-20-15(10-11-6-3-4-9-14(11)18)12-7-5-8-13(17)16(12)19/h3-9,15,20H,2,10H2,1H3. The lowest BCUT2D eigenvalue weighted by Gasteiger charge is -2.21. The van der Waals surface area contributed by atoms with E-state index in [9.17, 15) is 0 Å². The minimum Gasteiger partial charge on any atom is -0.310 e. The molecule has 2 aromatic rings. The topological polar surface area (TPSA) is 12.0 Å². The number of likely N-dealkylation sites (N-methyl/N-ethyl adjacent to an activating group) is 1. The lowest BCUT2D eigenvalue weighted by Crippen LogP contribution is -2.23. The fourth-order valence-electron chi connectivity index (χ4n) is 2.21. The first-order valence-electron chi connectivity index (χ1n) is 6.54. The van der Waals surface area contributed by atoms with Gasteiger partial charge in [0.2, 0.25) is 0 Å². The second-order valence-corrected chi connectivity index (χ2v) is 6.19. The maximum atomic E-state index is 6.41. The van der Waals surface area contributed by atoms with Crippen LogP contribution in [0.25, 0.3) is 0 Å². The van der Waals surface area contributed by atoms with Gasteiger partial charge in [-0.15, -0.1) is 0 Å². The third kappa shape index (κ3) is 3.76. The normalized spacial score (nSPS) is 12.4. The summed E-state index contributed by atoms with van der Waals surface area (Å²) in [6, 6.07) is 14.1. The molecule has 1 N–H and O–H groups in total. The minimum atomic E-state index is 0.143. The van der Waals surface area contributed by atoms with E-state index in [2.05, 4.69) is 40.3 Å². The Morgan fingerprint density at radius 2 is 1.85 bits per heavy atom. The number of hydrogen-bond donors (Lipinski definition) is 1. The molecular weight excluding hydrogens is 357 g/mol. The molecule has 1 nitrogen and oxygen atoms in total. The Hall–Kier alpha value is -0.540. The molecule has 20 heavy (non-hydrogen) atoms. The van der Waals surface area contributed by atoms with Crippen LogP contribution < -0.4 is 5.32 Å². The summed E-state index contributed by atoms with van der Waals surface area (Å²) in [4.78, 5) is 0. The van der Waals surface area contributed by atoms with Crippen molar-refractivity contribution in [2.75, 3.05) is 6.54 Å². The van der Waals surface area contributed by atoms with Gasteiger partial charge in [0.25, 0.3) is 0 Å². The maximum Gasteiger partial charge on any atom is 0.0595 e. The molecule has 2 rings (SSSR count). The summed E-state index contributed by atoms with van der Waals surface area (Å²) in [5.74, 6) is 0. The van der Waals surface area contributed by atoms with Crippen LogP contribution in [0, 0.1) is 0 Å². The van der Waals surface area contributed by atoms with E-state index in [1.54, 1.807) is 0 Å². The Balaban J connectivity index is 2.32. The Kier molecular flexibility index (Phi) is 5.91. The van der Waals surface area contributed by atoms with Crippen molar-refractivity contribution < 1.29 is 0 Å². The van der Waals surface area contributed by atoms with E-state index < -0.39 is 0 Å². The number of rotatable bonds is 5. The largest absolute Gasteiger partial charge is 0.310 e. The van der Waals surface area contributed by atoms with Crippen molar-refractivity contribution in [3.05, 3.63) is 68.1 Å². The number of nitrogens with one attached hydrogen (secondary N) is 1. The molecule has 0 aromatic heterocycles.